The molecule has 6 aromatic rings. The Morgan fingerprint density at radius 3 is 1.88 bits per heavy atom. The van der Waals surface area contributed by atoms with Gasteiger partial charge in [-0.3, -0.25) is 0 Å². The van der Waals surface area contributed by atoms with Crippen LogP contribution in [0.3, 0.4) is 0 Å². The molecule has 1 fully saturated rings. The van der Waals surface area contributed by atoms with E-state index in [0.717, 1.165) is 62.9 Å². The predicted octanol–water partition coefficient (Wildman–Crippen LogP) is 10.2. The fourth-order valence-corrected chi connectivity index (χ4v) is 8.75. The molecule has 8 rings (SSSR count). The highest BCUT2D eigenvalue weighted by molar-refractivity contribution is 7.89. The molecule has 0 radical (unpaired) electrons. The van der Waals surface area contributed by atoms with E-state index < -0.39 is 21.9 Å². The molecule has 1 N–H and O–H groups in total. The topological polar surface area (TPSA) is 64.6 Å². The first-order valence-corrected chi connectivity index (χ1v) is 19.3. The van der Waals surface area contributed by atoms with Gasteiger partial charge >= 0.3 is 0 Å². The molecule has 5 nitrogen and oxygen atoms in total. The zero-order valence-corrected chi connectivity index (χ0v) is 30.1. The van der Waals surface area contributed by atoms with Crippen molar-refractivity contribution >= 4 is 22.2 Å². The minimum absolute atomic E-state index is 0.235. The highest BCUT2D eigenvalue weighted by atomic mass is 32.2. The van der Waals surface area contributed by atoms with E-state index in [1.54, 1.807) is 12.1 Å². The summed E-state index contributed by atoms with van der Waals surface area (Å²) in [6.45, 7) is 4.02. The summed E-state index contributed by atoms with van der Waals surface area (Å²) in [5.41, 5.74) is 10.3. The summed E-state index contributed by atoms with van der Waals surface area (Å²) < 4.78 is 44.5. The summed E-state index contributed by atoms with van der Waals surface area (Å²) in [6.07, 6.45) is 5.33. The molecule has 1 spiro atoms. The van der Waals surface area contributed by atoms with Crippen molar-refractivity contribution in [2.75, 3.05) is 0 Å². The Balaban J connectivity index is 1.15. The van der Waals surface area contributed by atoms with Gasteiger partial charge in [-0.15, -0.1) is 0 Å². The molecule has 0 bridgehead atoms. The van der Waals surface area contributed by atoms with Crippen LogP contribution >= 0.6 is 0 Å². The van der Waals surface area contributed by atoms with Crippen molar-refractivity contribution in [3.8, 4) is 0 Å². The minimum Gasteiger partial charge on any atom is -0.335 e. The SMILES string of the molecule is Cc1ccc(S(=O)(=O)NC(c2ccccc2)c2ccc(C)c(/C=C/c3cccc4c3C3(CC4)O[C@@H](c4ccccc4)[C@H](c4ccccc4)O3)c2)cc1. The third-order valence-electron chi connectivity index (χ3n) is 10.3. The van der Waals surface area contributed by atoms with Gasteiger partial charge in [-0.2, -0.15) is 4.72 Å². The molecule has 1 heterocycles. The van der Waals surface area contributed by atoms with E-state index >= 15 is 0 Å². The highest BCUT2D eigenvalue weighted by Crippen LogP contribution is 2.57. The number of sulfonamides is 1. The van der Waals surface area contributed by atoms with Crippen LogP contribution in [0, 0.1) is 13.8 Å². The van der Waals surface area contributed by atoms with Crippen molar-refractivity contribution in [3.63, 3.8) is 0 Å². The molecule has 52 heavy (non-hydrogen) atoms. The van der Waals surface area contributed by atoms with E-state index in [-0.39, 0.29) is 17.1 Å². The van der Waals surface area contributed by atoms with Gasteiger partial charge < -0.3 is 9.47 Å². The molecule has 1 unspecified atom stereocenters. The predicted molar refractivity (Wildman–Crippen MR) is 207 cm³/mol. The number of hydrogen-bond acceptors (Lipinski definition) is 4. The average Bonchev–Trinajstić information content (AvgIpc) is 3.76. The van der Waals surface area contributed by atoms with E-state index in [1.807, 2.05) is 67.6 Å². The number of fused-ring (bicyclic) bond motifs is 2. The number of rotatable bonds is 9. The first-order valence-electron chi connectivity index (χ1n) is 17.8. The van der Waals surface area contributed by atoms with Crippen molar-refractivity contribution in [2.45, 2.75) is 55.6 Å². The summed E-state index contributed by atoms with van der Waals surface area (Å²) in [5, 5.41) is 0. The Hall–Kier alpha value is -5.11. The molecule has 2 aliphatic rings. The Morgan fingerprint density at radius 2 is 1.25 bits per heavy atom. The zero-order chi connectivity index (χ0) is 35.7. The van der Waals surface area contributed by atoms with Crippen LogP contribution in [0.2, 0.25) is 0 Å². The van der Waals surface area contributed by atoms with Crippen LogP contribution in [-0.2, 0) is 31.7 Å². The van der Waals surface area contributed by atoms with Gasteiger partial charge in [-0.05, 0) is 83.0 Å². The molecule has 1 saturated heterocycles. The summed E-state index contributed by atoms with van der Waals surface area (Å²) in [5.74, 6) is -0.888. The Labute approximate surface area is 306 Å². The van der Waals surface area contributed by atoms with Crippen LogP contribution in [0.25, 0.3) is 12.2 Å². The molecular formula is C46H41NO4S. The zero-order valence-electron chi connectivity index (χ0n) is 29.3. The van der Waals surface area contributed by atoms with E-state index in [0.29, 0.717) is 0 Å². The molecule has 6 heteroatoms. The van der Waals surface area contributed by atoms with Crippen molar-refractivity contribution in [1.82, 2.24) is 4.72 Å². The third kappa shape index (κ3) is 6.67. The highest BCUT2D eigenvalue weighted by Gasteiger charge is 2.53. The normalized spacial score (nSPS) is 18.5. The number of hydrogen-bond donors (Lipinski definition) is 1. The Morgan fingerprint density at radius 1 is 0.654 bits per heavy atom. The van der Waals surface area contributed by atoms with Gasteiger partial charge in [0.25, 0.3) is 0 Å². The number of ether oxygens (including phenoxy) is 2. The number of nitrogens with one attached hydrogen (secondary N) is 1. The first-order chi connectivity index (χ1) is 25.3. The summed E-state index contributed by atoms with van der Waals surface area (Å²) in [6, 6.07) is 49.3. The molecule has 0 aromatic heterocycles. The molecule has 260 valence electrons. The quantitative estimate of drug-likeness (QED) is 0.152. The van der Waals surface area contributed by atoms with E-state index in [2.05, 4.69) is 103 Å². The second-order valence-corrected chi connectivity index (χ2v) is 15.5. The smallest absolute Gasteiger partial charge is 0.241 e. The summed E-state index contributed by atoms with van der Waals surface area (Å²) >= 11 is 0. The molecule has 3 atom stereocenters. The van der Waals surface area contributed by atoms with Gasteiger partial charge in [0, 0.05) is 12.0 Å². The maximum Gasteiger partial charge on any atom is 0.241 e. The van der Waals surface area contributed by atoms with Crippen molar-refractivity contribution in [1.29, 1.82) is 0 Å². The fourth-order valence-electron chi connectivity index (χ4n) is 7.54. The van der Waals surface area contributed by atoms with Crippen molar-refractivity contribution < 1.29 is 17.9 Å². The molecule has 0 saturated carbocycles. The largest absolute Gasteiger partial charge is 0.335 e. The fraction of sp³-hybridized carbons (Fsp3) is 0.174. The molecular weight excluding hydrogens is 663 g/mol. The van der Waals surface area contributed by atoms with Crippen LogP contribution < -0.4 is 4.72 Å². The minimum atomic E-state index is -3.82. The van der Waals surface area contributed by atoms with E-state index in [4.69, 9.17) is 9.47 Å². The average molecular weight is 704 g/mol. The maximum absolute atomic E-state index is 13.7. The van der Waals surface area contributed by atoms with Gasteiger partial charge in [0.2, 0.25) is 10.0 Å². The van der Waals surface area contributed by atoms with Crippen LogP contribution in [0.5, 0.6) is 0 Å². The van der Waals surface area contributed by atoms with Crippen LogP contribution in [0.1, 0.15) is 80.3 Å². The van der Waals surface area contributed by atoms with Crippen LogP contribution in [0.4, 0.5) is 0 Å². The summed E-state index contributed by atoms with van der Waals surface area (Å²) in [7, 11) is -3.82. The van der Waals surface area contributed by atoms with Crippen molar-refractivity contribution in [2.24, 2.45) is 0 Å². The third-order valence-corrected chi connectivity index (χ3v) is 11.7. The van der Waals surface area contributed by atoms with E-state index in [9.17, 15) is 8.42 Å². The lowest BCUT2D eigenvalue weighted by Crippen LogP contribution is -2.29. The lowest BCUT2D eigenvalue weighted by Gasteiger charge is -2.26. The molecule has 6 aromatic carbocycles. The molecule has 0 amide bonds. The van der Waals surface area contributed by atoms with E-state index in [1.165, 1.54) is 5.56 Å². The standard InChI is InChI=1S/C46H41NO4S/c1-32-21-27-41(28-22-32)52(48,49)47-43(36-13-6-3-7-14-36)40-24-23-33(2)39(31-40)26-25-34-19-12-20-35-29-30-46(42(34)35)50-44(37-15-8-4-9-16-37)45(51-46)38-17-10-5-11-18-38/h3-28,31,43-45,47H,29-30H2,1-2H3/b26-25+/t43?,44-,45-/m0/s1. The Kier molecular flexibility index (Phi) is 9.24. The van der Waals surface area contributed by atoms with Crippen LogP contribution in [-0.4, -0.2) is 8.42 Å². The first kappa shape index (κ1) is 34.0. The number of benzene rings is 6. The van der Waals surface area contributed by atoms with Gasteiger partial charge in [0.1, 0.15) is 12.2 Å². The number of aryl methyl sites for hydroxylation is 3. The Bertz CT molecular complexity index is 2270. The molecule has 1 aliphatic carbocycles. The molecule has 1 aliphatic heterocycles. The summed E-state index contributed by atoms with van der Waals surface area (Å²) in [4.78, 5) is 0.235. The lowest BCUT2D eigenvalue weighted by atomic mass is 9.94. The second-order valence-electron chi connectivity index (χ2n) is 13.8. The lowest BCUT2D eigenvalue weighted by molar-refractivity contribution is -0.183. The van der Waals surface area contributed by atoms with Gasteiger partial charge in [-0.1, -0.05) is 151 Å². The van der Waals surface area contributed by atoms with Gasteiger partial charge in [0.15, 0.2) is 5.79 Å². The monoisotopic (exact) mass is 703 g/mol. The van der Waals surface area contributed by atoms with Gasteiger partial charge in [-0.25, -0.2) is 8.42 Å². The van der Waals surface area contributed by atoms with Crippen LogP contribution in [0.15, 0.2) is 157 Å². The van der Waals surface area contributed by atoms with Crippen molar-refractivity contribution in [3.05, 3.63) is 207 Å². The second kappa shape index (κ2) is 14.1. The maximum atomic E-state index is 13.7. The van der Waals surface area contributed by atoms with Gasteiger partial charge in [0.05, 0.1) is 10.9 Å².